The van der Waals surface area contributed by atoms with Crippen LogP contribution in [0.15, 0.2) is 47.4 Å². The zero-order valence-electron chi connectivity index (χ0n) is 13.6. The second-order valence-electron chi connectivity index (χ2n) is 5.08. The summed E-state index contributed by atoms with van der Waals surface area (Å²) in [7, 11) is -4.16. The summed E-state index contributed by atoms with van der Waals surface area (Å²) in [6.45, 7) is 3.52. The van der Waals surface area contributed by atoms with Crippen molar-refractivity contribution in [3.05, 3.63) is 63.7 Å². The Labute approximate surface area is 144 Å². The molecule has 0 aliphatic heterocycles. The Balaban J connectivity index is 2.36. The number of hydrogen-bond acceptors (Lipinski definition) is 6. The molecule has 0 aliphatic rings. The molecule has 0 heterocycles. The zero-order chi connectivity index (χ0) is 18.6. The van der Waals surface area contributed by atoms with E-state index in [4.69, 9.17) is 4.74 Å². The lowest BCUT2D eigenvalue weighted by atomic mass is 10.1. The van der Waals surface area contributed by atoms with Gasteiger partial charge in [-0.25, -0.2) is 13.2 Å². The lowest BCUT2D eigenvalue weighted by Crippen LogP contribution is -2.15. The summed E-state index contributed by atoms with van der Waals surface area (Å²) in [6.07, 6.45) is 0. The number of benzene rings is 2. The highest BCUT2D eigenvalue weighted by Gasteiger charge is 2.25. The molecule has 2 rings (SSSR count). The first kappa shape index (κ1) is 18.4. The van der Waals surface area contributed by atoms with Crippen LogP contribution in [0.2, 0.25) is 0 Å². The summed E-state index contributed by atoms with van der Waals surface area (Å²) in [5.41, 5.74) is 0.461. The number of nitro benzene ring substituents is 1. The third-order valence-corrected chi connectivity index (χ3v) is 4.75. The van der Waals surface area contributed by atoms with Crippen LogP contribution in [0.25, 0.3) is 0 Å². The Bertz CT molecular complexity index is 924. The Morgan fingerprint density at radius 3 is 2.52 bits per heavy atom. The number of nitrogens with one attached hydrogen (secondary N) is 1. The summed E-state index contributed by atoms with van der Waals surface area (Å²) < 4.78 is 32.2. The van der Waals surface area contributed by atoms with Gasteiger partial charge in [0.25, 0.3) is 15.7 Å². The van der Waals surface area contributed by atoms with Crippen LogP contribution in [0, 0.1) is 17.0 Å². The molecule has 1 N–H and O–H groups in total. The minimum absolute atomic E-state index is 0.214. The average molecular weight is 364 g/mol. The van der Waals surface area contributed by atoms with E-state index in [2.05, 4.69) is 4.72 Å². The molecule has 0 saturated heterocycles. The van der Waals surface area contributed by atoms with Gasteiger partial charge in [0.05, 0.1) is 22.8 Å². The highest BCUT2D eigenvalue weighted by atomic mass is 32.2. The van der Waals surface area contributed by atoms with Crippen molar-refractivity contribution in [1.29, 1.82) is 0 Å². The predicted octanol–water partition coefficient (Wildman–Crippen LogP) is 2.88. The lowest BCUT2D eigenvalue weighted by molar-refractivity contribution is -0.387. The van der Waals surface area contributed by atoms with E-state index in [0.717, 1.165) is 12.1 Å². The van der Waals surface area contributed by atoms with Crippen molar-refractivity contribution in [3.63, 3.8) is 0 Å². The molecular weight excluding hydrogens is 348 g/mol. The largest absolute Gasteiger partial charge is 0.462 e. The van der Waals surface area contributed by atoms with Crippen LogP contribution in [0.1, 0.15) is 22.8 Å². The van der Waals surface area contributed by atoms with Crippen LogP contribution < -0.4 is 4.72 Å². The lowest BCUT2D eigenvalue weighted by Gasteiger charge is -2.12. The molecule has 0 saturated carbocycles. The molecule has 8 nitrogen and oxygen atoms in total. The van der Waals surface area contributed by atoms with Gasteiger partial charge in [-0.15, -0.1) is 0 Å². The molecule has 0 spiro atoms. The molecule has 0 aliphatic carbocycles. The van der Waals surface area contributed by atoms with Gasteiger partial charge in [0.2, 0.25) is 0 Å². The summed E-state index contributed by atoms with van der Waals surface area (Å²) in [5.74, 6) is -0.515. The molecule has 0 aromatic heterocycles. The summed E-state index contributed by atoms with van der Waals surface area (Å²) in [4.78, 5) is 21.5. The van der Waals surface area contributed by atoms with Crippen molar-refractivity contribution in [2.45, 2.75) is 18.7 Å². The van der Waals surface area contributed by atoms with Crippen molar-refractivity contribution in [3.8, 4) is 0 Å². The summed E-state index contributed by atoms with van der Waals surface area (Å²) in [6, 6.07) is 9.37. The molecule has 2 aromatic carbocycles. The Kier molecular flexibility index (Phi) is 5.38. The van der Waals surface area contributed by atoms with Gasteiger partial charge in [0.15, 0.2) is 4.90 Å². The molecule has 0 unspecified atom stereocenters. The first-order valence-electron chi connectivity index (χ1n) is 7.30. The monoisotopic (exact) mass is 364 g/mol. The molecule has 0 bridgehead atoms. The van der Waals surface area contributed by atoms with Crippen LogP contribution in [0.4, 0.5) is 11.4 Å². The first-order valence-corrected chi connectivity index (χ1v) is 8.78. The molecule has 132 valence electrons. The van der Waals surface area contributed by atoms with Gasteiger partial charge in [-0.2, -0.15) is 0 Å². The molecule has 0 radical (unpaired) electrons. The van der Waals surface area contributed by atoms with Gasteiger partial charge >= 0.3 is 5.97 Å². The van der Waals surface area contributed by atoms with Crippen molar-refractivity contribution >= 4 is 27.4 Å². The minimum Gasteiger partial charge on any atom is -0.462 e. The van der Waals surface area contributed by atoms with Gasteiger partial charge in [-0.1, -0.05) is 12.1 Å². The number of nitrogens with zero attached hydrogens (tertiary/aromatic N) is 1. The van der Waals surface area contributed by atoms with Crippen LogP contribution >= 0.6 is 0 Å². The summed E-state index contributed by atoms with van der Waals surface area (Å²) >= 11 is 0. The maximum atomic E-state index is 12.5. The number of ether oxygens (including phenoxy) is 1. The number of nitro groups is 1. The van der Waals surface area contributed by atoms with Gasteiger partial charge in [-0.3, -0.25) is 14.8 Å². The summed E-state index contributed by atoms with van der Waals surface area (Å²) in [5, 5.41) is 11.0. The SMILES string of the molecule is CCOC(=O)c1ccc(NS(=O)(=O)c2ccccc2[N+](=O)[O-])c(C)c1. The second kappa shape index (κ2) is 7.31. The Morgan fingerprint density at radius 1 is 1.24 bits per heavy atom. The number of rotatable bonds is 6. The van der Waals surface area contributed by atoms with Crippen LogP contribution in [-0.4, -0.2) is 25.9 Å². The smallest absolute Gasteiger partial charge is 0.338 e. The van der Waals surface area contributed by atoms with E-state index >= 15 is 0 Å². The number of hydrogen-bond donors (Lipinski definition) is 1. The number of sulfonamides is 1. The maximum Gasteiger partial charge on any atom is 0.338 e. The molecule has 0 amide bonds. The topological polar surface area (TPSA) is 116 Å². The van der Waals surface area contributed by atoms with Crippen molar-refractivity contribution in [2.24, 2.45) is 0 Å². The van der Waals surface area contributed by atoms with E-state index < -0.39 is 31.5 Å². The highest BCUT2D eigenvalue weighted by molar-refractivity contribution is 7.92. The molecule has 2 aromatic rings. The molecular formula is C16H16N2O6S. The molecule has 0 fully saturated rings. The van der Waals surface area contributed by atoms with Crippen LogP contribution in [0.3, 0.4) is 0 Å². The number of carbonyl (C=O) groups is 1. The minimum atomic E-state index is -4.16. The quantitative estimate of drug-likeness (QED) is 0.479. The zero-order valence-corrected chi connectivity index (χ0v) is 14.4. The van der Waals surface area contributed by atoms with E-state index in [1.54, 1.807) is 13.8 Å². The maximum absolute atomic E-state index is 12.5. The second-order valence-corrected chi connectivity index (χ2v) is 6.73. The standard InChI is InChI=1S/C16H16N2O6S/c1-3-24-16(19)12-8-9-13(11(2)10-12)17-25(22,23)15-7-5-4-6-14(15)18(20)21/h4-10,17H,3H2,1-2H3. The van der Waals surface area contributed by atoms with Gasteiger partial charge in [0, 0.05) is 6.07 Å². The van der Waals surface area contributed by atoms with Gasteiger partial charge in [-0.05, 0) is 43.7 Å². The highest BCUT2D eigenvalue weighted by Crippen LogP contribution is 2.27. The predicted molar refractivity (Wildman–Crippen MR) is 91.0 cm³/mol. The number of anilines is 1. The van der Waals surface area contributed by atoms with E-state index in [1.165, 1.54) is 30.3 Å². The van der Waals surface area contributed by atoms with Crippen molar-refractivity contribution in [2.75, 3.05) is 11.3 Å². The van der Waals surface area contributed by atoms with Crippen LogP contribution in [0.5, 0.6) is 0 Å². The van der Waals surface area contributed by atoms with E-state index in [9.17, 15) is 23.3 Å². The van der Waals surface area contributed by atoms with E-state index in [1.807, 2.05) is 0 Å². The fourth-order valence-electron chi connectivity index (χ4n) is 2.15. The fourth-order valence-corrected chi connectivity index (χ4v) is 3.46. The molecule has 0 atom stereocenters. The van der Waals surface area contributed by atoms with Gasteiger partial charge in [0.1, 0.15) is 0 Å². The fraction of sp³-hybridized carbons (Fsp3) is 0.188. The van der Waals surface area contributed by atoms with Gasteiger partial charge < -0.3 is 4.74 Å². The van der Waals surface area contributed by atoms with Crippen molar-refractivity contribution < 1.29 is 22.9 Å². The van der Waals surface area contributed by atoms with Crippen molar-refractivity contribution in [1.82, 2.24) is 0 Å². The van der Waals surface area contributed by atoms with E-state index in [-0.39, 0.29) is 17.9 Å². The number of esters is 1. The third kappa shape index (κ3) is 4.13. The number of carbonyl (C=O) groups excluding carboxylic acids is 1. The Hall–Kier alpha value is -2.94. The Morgan fingerprint density at radius 2 is 1.92 bits per heavy atom. The number of aryl methyl sites for hydroxylation is 1. The average Bonchev–Trinajstić information content (AvgIpc) is 2.56. The molecule has 25 heavy (non-hydrogen) atoms. The number of para-hydroxylation sites is 1. The third-order valence-electron chi connectivity index (χ3n) is 3.33. The first-order chi connectivity index (χ1) is 11.8. The van der Waals surface area contributed by atoms with Crippen LogP contribution in [-0.2, 0) is 14.8 Å². The van der Waals surface area contributed by atoms with E-state index in [0.29, 0.717) is 5.56 Å². The molecule has 9 heteroatoms. The normalized spacial score (nSPS) is 11.0.